The molecule has 3 N–H and O–H groups in total. The summed E-state index contributed by atoms with van der Waals surface area (Å²) < 4.78 is 1.64. The maximum absolute atomic E-state index is 12.5. The van der Waals surface area contributed by atoms with Gasteiger partial charge >= 0.3 is 6.03 Å². The number of hydrogen-bond donors (Lipinski definition) is 3. The minimum atomic E-state index is -1.42. The Kier molecular flexibility index (Phi) is 4.75. The molecule has 26 heavy (non-hydrogen) atoms. The van der Waals surface area contributed by atoms with E-state index in [1.165, 1.54) is 6.20 Å². The zero-order valence-electron chi connectivity index (χ0n) is 14.7. The Hall–Kier alpha value is -3.16. The van der Waals surface area contributed by atoms with Crippen molar-refractivity contribution in [1.82, 2.24) is 25.5 Å². The number of hydrogen-bond acceptors (Lipinski definition) is 4. The molecule has 2 heterocycles. The van der Waals surface area contributed by atoms with E-state index < -0.39 is 17.5 Å². The smallest absolute Gasteiger partial charge is 0.322 e. The first-order valence-electron chi connectivity index (χ1n) is 8.35. The van der Waals surface area contributed by atoms with E-state index in [9.17, 15) is 14.4 Å². The molecule has 0 aliphatic carbocycles. The fourth-order valence-electron chi connectivity index (χ4n) is 3.08. The number of nitrogens with zero attached hydrogens (tertiary/aromatic N) is 2. The lowest BCUT2D eigenvalue weighted by Gasteiger charge is -2.26. The number of imide groups is 1. The molecule has 1 aliphatic rings. The van der Waals surface area contributed by atoms with Crippen LogP contribution in [0.15, 0.2) is 42.7 Å². The number of rotatable bonds is 6. The van der Waals surface area contributed by atoms with Gasteiger partial charge in [-0.05, 0) is 12.0 Å². The highest BCUT2D eigenvalue weighted by Crippen LogP contribution is 2.22. The summed E-state index contributed by atoms with van der Waals surface area (Å²) in [6.07, 6.45) is 3.80. The van der Waals surface area contributed by atoms with Crippen LogP contribution in [-0.4, -0.2) is 33.9 Å². The molecule has 1 aromatic heterocycles. The van der Waals surface area contributed by atoms with Gasteiger partial charge in [-0.3, -0.25) is 14.9 Å². The lowest BCUT2D eigenvalue weighted by atomic mass is 9.96. The van der Waals surface area contributed by atoms with Crippen molar-refractivity contribution >= 4 is 17.8 Å². The van der Waals surface area contributed by atoms with Crippen molar-refractivity contribution < 1.29 is 14.4 Å². The van der Waals surface area contributed by atoms with Gasteiger partial charge in [0.2, 0.25) is 5.91 Å². The van der Waals surface area contributed by atoms with Crippen molar-refractivity contribution in [3.05, 3.63) is 54.1 Å². The van der Waals surface area contributed by atoms with Crippen molar-refractivity contribution in [2.24, 2.45) is 13.0 Å². The van der Waals surface area contributed by atoms with Gasteiger partial charge in [-0.15, -0.1) is 0 Å². The molecule has 3 rings (SSSR count). The van der Waals surface area contributed by atoms with E-state index in [0.29, 0.717) is 12.2 Å². The molecule has 0 spiro atoms. The third-order valence-electron chi connectivity index (χ3n) is 4.50. The van der Waals surface area contributed by atoms with Gasteiger partial charge in [0.25, 0.3) is 5.91 Å². The summed E-state index contributed by atoms with van der Waals surface area (Å²) in [5, 5.41) is 7.61. The van der Waals surface area contributed by atoms with Crippen molar-refractivity contribution in [3.63, 3.8) is 0 Å². The number of urea groups is 1. The van der Waals surface area contributed by atoms with E-state index in [0.717, 1.165) is 5.56 Å². The number of benzene rings is 1. The number of aryl methyl sites for hydroxylation is 1. The highest BCUT2D eigenvalue weighted by Gasteiger charge is 2.50. The fraction of sp³-hybridized carbons (Fsp3) is 0.333. The molecular formula is C18H21N5O3. The Morgan fingerprint density at radius 3 is 2.62 bits per heavy atom. The summed E-state index contributed by atoms with van der Waals surface area (Å²) >= 11 is 0. The standard InChI is InChI=1S/C18H21N5O3/c1-12(10-13-6-4-3-5-7-13)14(24)20-11-18(15-19-8-9-23(15)2)16(25)21-17(26)22-18/h3-9,12H,10-11H2,1-2H3,(H,20,24)(H2,21,22,25,26). The van der Waals surface area contributed by atoms with E-state index in [1.807, 2.05) is 37.3 Å². The normalized spacial score (nSPS) is 20.4. The predicted octanol–water partition coefficient (Wildman–Crippen LogP) is 0.450. The van der Waals surface area contributed by atoms with E-state index in [4.69, 9.17) is 0 Å². The summed E-state index contributed by atoms with van der Waals surface area (Å²) in [5.41, 5.74) is -0.363. The SMILES string of the molecule is CC(Cc1ccccc1)C(=O)NCC1(c2nccn2C)NC(=O)NC1=O. The minimum Gasteiger partial charge on any atom is -0.352 e. The molecule has 2 aromatic rings. The maximum atomic E-state index is 12.5. The second-order valence-corrected chi connectivity index (χ2v) is 6.48. The molecule has 1 fully saturated rings. The van der Waals surface area contributed by atoms with Gasteiger partial charge in [-0.2, -0.15) is 0 Å². The Bertz CT molecular complexity index is 832. The lowest BCUT2D eigenvalue weighted by Crippen LogP contribution is -2.54. The summed E-state index contributed by atoms with van der Waals surface area (Å²) in [5.74, 6) is -0.656. The Labute approximate surface area is 151 Å². The van der Waals surface area contributed by atoms with Crippen molar-refractivity contribution in [3.8, 4) is 0 Å². The predicted molar refractivity (Wildman–Crippen MR) is 93.9 cm³/mol. The van der Waals surface area contributed by atoms with Gasteiger partial charge in [0, 0.05) is 25.4 Å². The van der Waals surface area contributed by atoms with Crippen LogP contribution in [0.5, 0.6) is 0 Å². The molecule has 8 heteroatoms. The largest absolute Gasteiger partial charge is 0.352 e. The average Bonchev–Trinajstić information content (AvgIpc) is 3.16. The van der Waals surface area contributed by atoms with Crippen LogP contribution in [0.2, 0.25) is 0 Å². The van der Waals surface area contributed by atoms with Gasteiger partial charge in [0.15, 0.2) is 5.54 Å². The zero-order chi connectivity index (χ0) is 18.7. The molecule has 8 nitrogen and oxygen atoms in total. The number of carbonyl (C=O) groups is 3. The molecule has 136 valence electrons. The Morgan fingerprint density at radius 1 is 1.31 bits per heavy atom. The monoisotopic (exact) mass is 355 g/mol. The van der Waals surface area contributed by atoms with Gasteiger partial charge in [0.1, 0.15) is 5.82 Å². The highest BCUT2D eigenvalue weighted by molar-refractivity contribution is 6.07. The number of aromatic nitrogens is 2. The molecule has 0 radical (unpaired) electrons. The van der Waals surface area contributed by atoms with Gasteiger partial charge in [-0.1, -0.05) is 37.3 Å². The highest BCUT2D eigenvalue weighted by atomic mass is 16.2. The third kappa shape index (κ3) is 3.30. The Morgan fingerprint density at radius 2 is 2.04 bits per heavy atom. The molecule has 2 unspecified atom stereocenters. The lowest BCUT2D eigenvalue weighted by molar-refractivity contribution is -0.127. The molecule has 0 bridgehead atoms. The van der Waals surface area contributed by atoms with Gasteiger partial charge in [-0.25, -0.2) is 9.78 Å². The quantitative estimate of drug-likeness (QED) is 0.654. The molecule has 0 saturated carbocycles. The van der Waals surface area contributed by atoms with Crippen LogP contribution in [0.1, 0.15) is 18.3 Å². The number of amides is 4. The van der Waals surface area contributed by atoms with E-state index >= 15 is 0 Å². The topological polar surface area (TPSA) is 105 Å². The van der Waals surface area contributed by atoms with E-state index in [-0.39, 0.29) is 18.4 Å². The van der Waals surface area contributed by atoms with Crippen LogP contribution in [0, 0.1) is 5.92 Å². The molecule has 4 amide bonds. The van der Waals surface area contributed by atoms with Crippen LogP contribution >= 0.6 is 0 Å². The summed E-state index contributed by atoms with van der Waals surface area (Å²) in [7, 11) is 1.72. The minimum absolute atomic E-state index is 0.0760. The van der Waals surface area contributed by atoms with Crippen molar-refractivity contribution in [1.29, 1.82) is 0 Å². The molecular weight excluding hydrogens is 334 g/mol. The Balaban J connectivity index is 1.72. The second-order valence-electron chi connectivity index (χ2n) is 6.48. The fourth-order valence-corrected chi connectivity index (χ4v) is 3.08. The van der Waals surface area contributed by atoms with Crippen LogP contribution in [0.25, 0.3) is 0 Å². The molecule has 1 aromatic carbocycles. The van der Waals surface area contributed by atoms with E-state index in [2.05, 4.69) is 20.9 Å². The van der Waals surface area contributed by atoms with Crippen molar-refractivity contribution in [2.75, 3.05) is 6.54 Å². The summed E-state index contributed by atoms with van der Waals surface area (Å²) in [4.78, 5) is 40.8. The molecule has 1 aliphatic heterocycles. The third-order valence-corrected chi connectivity index (χ3v) is 4.50. The van der Waals surface area contributed by atoms with Gasteiger partial charge < -0.3 is 15.2 Å². The second kappa shape index (κ2) is 6.99. The number of imidazole rings is 1. The van der Waals surface area contributed by atoms with Crippen LogP contribution in [0.4, 0.5) is 4.79 Å². The zero-order valence-corrected chi connectivity index (χ0v) is 14.7. The first kappa shape index (κ1) is 17.7. The van der Waals surface area contributed by atoms with Crippen molar-refractivity contribution in [2.45, 2.75) is 18.9 Å². The first-order valence-corrected chi connectivity index (χ1v) is 8.35. The summed E-state index contributed by atoms with van der Waals surface area (Å²) in [6.45, 7) is 1.75. The maximum Gasteiger partial charge on any atom is 0.322 e. The van der Waals surface area contributed by atoms with Crippen LogP contribution in [0.3, 0.4) is 0 Å². The van der Waals surface area contributed by atoms with Crippen LogP contribution < -0.4 is 16.0 Å². The van der Waals surface area contributed by atoms with Gasteiger partial charge in [0.05, 0.1) is 6.54 Å². The molecule has 1 saturated heterocycles. The van der Waals surface area contributed by atoms with E-state index in [1.54, 1.807) is 17.8 Å². The average molecular weight is 355 g/mol. The number of nitrogens with one attached hydrogen (secondary N) is 3. The first-order chi connectivity index (χ1) is 12.4. The summed E-state index contributed by atoms with van der Waals surface area (Å²) in [6, 6.07) is 9.09. The van der Waals surface area contributed by atoms with Crippen LogP contribution in [-0.2, 0) is 28.6 Å². The molecule has 2 atom stereocenters. The number of carbonyl (C=O) groups excluding carboxylic acids is 3.